The van der Waals surface area contributed by atoms with E-state index in [1.807, 2.05) is 6.07 Å². The SMILES string of the molecule is CCCCCc1ncccc1CC(=O)C(=O)OCC. The van der Waals surface area contributed by atoms with Crippen LogP contribution >= 0.6 is 0 Å². The molecular formula is C15H21NO3. The summed E-state index contributed by atoms with van der Waals surface area (Å²) in [6.45, 7) is 4.05. The van der Waals surface area contributed by atoms with E-state index in [1.54, 1.807) is 19.2 Å². The van der Waals surface area contributed by atoms with E-state index in [4.69, 9.17) is 4.74 Å². The largest absolute Gasteiger partial charge is 0.460 e. The van der Waals surface area contributed by atoms with Crippen LogP contribution < -0.4 is 0 Å². The van der Waals surface area contributed by atoms with Crippen LogP contribution in [-0.4, -0.2) is 23.3 Å². The highest BCUT2D eigenvalue weighted by Crippen LogP contribution is 2.11. The summed E-state index contributed by atoms with van der Waals surface area (Å²) in [6, 6.07) is 3.64. The summed E-state index contributed by atoms with van der Waals surface area (Å²) in [6.07, 6.45) is 5.98. The number of hydrogen-bond donors (Lipinski definition) is 0. The van der Waals surface area contributed by atoms with Gasteiger partial charge in [0.2, 0.25) is 5.78 Å². The molecule has 1 aromatic rings. The van der Waals surface area contributed by atoms with Crippen LogP contribution in [0.3, 0.4) is 0 Å². The van der Waals surface area contributed by atoms with Crippen LogP contribution in [0.15, 0.2) is 18.3 Å². The molecule has 0 spiro atoms. The number of esters is 1. The minimum absolute atomic E-state index is 0.0775. The number of aryl methyl sites for hydroxylation is 1. The number of carbonyl (C=O) groups is 2. The van der Waals surface area contributed by atoms with Crippen molar-refractivity contribution in [1.82, 2.24) is 4.98 Å². The molecule has 1 rings (SSSR count). The zero-order chi connectivity index (χ0) is 14.1. The van der Waals surface area contributed by atoms with Crippen molar-refractivity contribution in [3.63, 3.8) is 0 Å². The van der Waals surface area contributed by atoms with Crippen molar-refractivity contribution in [2.75, 3.05) is 6.61 Å². The van der Waals surface area contributed by atoms with Gasteiger partial charge in [0, 0.05) is 18.3 Å². The van der Waals surface area contributed by atoms with Gasteiger partial charge < -0.3 is 4.74 Å². The molecule has 0 amide bonds. The van der Waals surface area contributed by atoms with Crippen molar-refractivity contribution in [3.8, 4) is 0 Å². The monoisotopic (exact) mass is 263 g/mol. The maximum Gasteiger partial charge on any atom is 0.374 e. The highest BCUT2D eigenvalue weighted by Gasteiger charge is 2.17. The lowest BCUT2D eigenvalue weighted by molar-refractivity contribution is -0.153. The molecule has 0 saturated heterocycles. The third kappa shape index (κ3) is 5.20. The van der Waals surface area contributed by atoms with Gasteiger partial charge in [-0.3, -0.25) is 9.78 Å². The van der Waals surface area contributed by atoms with Crippen LogP contribution in [0, 0.1) is 0 Å². The van der Waals surface area contributed by atoms with Crippen molar-refractivity contribution >= 4 is 11.8 Å². The molecule has 1 aromatic heterocycles. The summed E-state index contributed by atoms with van der Waals surface area (Å²) in [4.78, 5) is 27.3. The van der Waals surface area contributed by atoms with Gasteiger partial charge in [-0.05, 0) is 31.4 Å². The lowest BCUT2D eigenvalue weighted by atomic mass is 10.0. The van der Waals surface area contributed by atoms with Crippen molar-refractivity contribution in [2.45, 2.75) is 46.0 Å². The molecule has 0 bridgehead atoms. The van der Waals surface area contributed by atoms with Crippen LogP contribution in [0.25, 0.3) is 0 Å². The lowest BCUT2D eigenvalue weighted by Gasteiger charge is -2.07. The molecule has 0 N–H and O–H groups in total. The predicted octanol–water partition coefficient (Wildman–Crippen LogP) is 2.49. The van der Waals surface area contributed by atoms with E-state index in [9.17, 15) is 9.59 Å². The minimum atomic E-state index is -0.758. The van der Waals surface area contributed by atoms with Gasteiger partial charge in [-0.2, -0.15) is 0 Å². The van der Waals surface area contributed by atoms with E-state index in [-0.39, 0.29) is 13.0 Å². The first-order chi connectivity index (χ1) is 9.19. The molecule has 1 heterocycles. The molecule has 4 nitrogen and oxygen atoms in total. The molecule has 0 aliphatic heterocycles. The van der Waals surface area contributed by atoms with Gasteiger partial charge >= 0.3 is 5.97 Å². The van der Waals surface area contributed by atoms with Gasteiger partial charge in [0.25, 0.3) is 0 Å². The molecule has 0 aliphatic rings. The van der Waals surface area contributed by atoms with Gasteiger partial charge in [-0.15, -0.1) is 0 Å². The number of ketones is 1. The predicted molar refractivity (Wildman–Crippen MR) is 72.8 cm³/mol. The fourth-order valence-electron chi connectivity index (χ4n) is 1.86. The van der Waals surface area contributed by atoms with Crippen LogP contribution in [0.4, 0.5) is 0 Å². The molecule has 0 aromatic carbocycles. The Labute approximate surface area is 114 Å². The molecule has 0 fully saturated rings. The fourth-order valence-corrected chi connectivity index (χ4v) is 1.86. The topological polar surface area (TPSA) is 56.3 Å². The van der Waals surface area contributed by atoms with Crippen molar-refractivity contribution in [3.05, 3.63) is 29.6 Å². The van der Waals surface area contributed by atoms with Crippen molar-refractivity contribution in [2.24, 2.45) is 0 Å². The summed E-state index contributed by atoms with van der Waals surface area (Å²) in [5, 5.41) is 0. The third-order valence-electron chi connectivity index (χ3n) is 2.86. The van der Waals surface area contributed by atoms with Crippen molar-refractivity contribution < 1.29 is 14.3 Å². The Morgan fingerprint density at radius 3 is 2.74 bits per heavy atom. The number of pyridine rings is 1. The van der Waals surface area contributed by atoms with Crippen LogP contribution in [0.5, 0.6) is 0 Å². The van der Waals surface area contributed by atoms with Crippen LogP contribution in [0.2, 0.25) is 0 Å². The number of nitrogens with zero attached hydrogens (tertiary/aromatic N) is 1. The molecule has 0 unspecified atom stereocenters. The fraction of sp³-hybridized carbons (Fsp3) is 0.533. The first-order valence-corrected chi connectivity index (χ1v) is 6.81. The highest BCUT2D eigenvalue weighted by atomic mass is 16.5. The molecule has 0 saturated carbocycles. The molecular weight excluding hydrogens is 242 g/mol. The summed E-state index contributed by atoms with van der Waals surface area (Å²) in [7, 11) is 0. The van der Waals surface area contributed by atoms with E-state index >= 15 is 0 Å². The van der Waals surface area contributed by atoms with Gasteiger partial charge in [-0.1, -0.05) is 25.8 Å². The first kappa shape index (κ1) is 15.3. The Morgan fingerprint density at radius 1 is 1.26 bits per heavy atom. The van der Waals surface area contributed by atoms with Crippen LogP contribution in [-0.2, 0) is 27.2 Å². The molecule has 104 valence electrons. The lowest BCUT2D eigenvalue weighted by Crippen LogP contribution is -2.20. The number of Topliss-reactive ketones (excluding diaryl/α,β-unsaturated/α-hetero) is 1. The van der Waals surface area contributed by atoms with Crippen LogP contribution in [0.1, 0.15) is 44.4 Å². The smallest absolute Gasteiger partial charge is 0.374 e. The Balaban J connectivity index is 2.66. The zero-order valence-electron chi connectivity index (χ0n) is 11.6. The molecule has 0 radical (unpaired) electrons. The van der Waals surface area contributed by atoms with Gasteiger partial charge in [0.15, 0.2) is 0 Å². The van der Waals surface area contributed by atoms with Gasteiger partial charge in [0.05, 0.1) is 6.61 Å². The van der Waals surface area contributed by atoms with E-state index < -0.39 is 11.8 Å². The second-order valence-corrected chi connectivity index (χ2v) is 4.39. The van der Waals surface area contributed by atoms with E-state index in [1.165, 1.54) is 0 Å². The number of ether oxygens (including phenoxy) is 1. The average molecular weight is 263 g/mol. The average Bonchev–Trinajstić information content (AvgIpc) is 2.41. The Hall–Kier alpha value is -1.71. The van der Waals surface area contributed by atoms with Gasteiger partial charge in [-0.25, -0.2) is 4.79 Å². The standard InChI is InChI=1S/C15H21NO3/c1-3-5-6-9-13-12(8-7-10-16-13)11-14(17)15(18)19-4-2/h7-8,10H,3-6,9,11H2,1-2H3. The minimum Gasteiger partial charge on any atom is -0.460 e. The first-order valence-electron chi connectivity index (χ1n) is 6.81. The maximum absolute atomic E-state index is 11.7. The summed E-state index contributed by atoms with van der Waals surface area (Å²) in [5.41, 5.74) is 1.74. The number of hydrogen-bond acceptors (Lipinski definition) is 4. The van der Waals surface area contributed by atoms with Crippen molar-refractivity contribution in [1.29, 1.82) is 0 Å². The second-order valence-electron chi connectivity index (χ2n) is 4.39. The molecule has 4 heteroatoms. The highest BCUT2D eigenvalue weighted by molar-refractivity contribution is 6.34. The number of carbonyl (C=O) groups excluding carboxylic acids is 2. The summed E-state index contributed by atoms with van der Waals surface area (Å²) in [5.74, 6) is -1.27. The Morgan fingerprint density at radius 2 is 2.05 bits per heavy atom. The number of rotatable bonds is 8. The maximum atomic E-state index is 11.7. The Kier molecular flexibility index (Phi) is 6.79. The van der Waals surface area contributed by atoms with Gasteiger partial charge in [0.1, 0.15) is 0 Å². The number of aromatic nitrogens is 1. The molecule has 0 atom stereocenters. The third-order valence-corrected chi connectivity index (χ3v) is 2.86. The van der Waals surface area contributed by atoms with E-state index in [0.29, 0.717) is 0 Å². The summed E-state index contributed by atoms with van der Waals surface area (Å²) < 4.78 is 4.71. The van der Waals surface area contributed by atoms with E-state index in [0.717, 1.165) is 36.9 Å². The normalized spacial score (nSPS) is 10.2. The quantitative estimate of drug-likeness (QED) is 0.411. The Bertz CT molecular complexity index is 429. The number of unbranched alkanes of at least 4 members (excludes halogenated alkanes) is 2. The molecule has 19 heavy (non-hydrogen) atoms. The summed E-state index contributed by atoms with van der Waals surface area (Å²) >= 11 is 0. The second kappa shape index (κ2) is 8.40. The molecule has 0 aliphatic carbocycles. The zero-order valence-corrected chi connectivity index (χ0v) is 11.6. The van der Waals surface area contributed by atoms with E-state index in [2.05, 4.69) is 11.9 Å².